The zero-order valence-electron chi connectivity index (χ0n) is 34.4. The maximum absolute atomic E-state index is 14.8. The zero-order valence-corrected chi connectivity index (χ0v) is 34.4. The predicted octanol–water partition coefficient (Wildman–Crippen LogP) is 2.25. The fourth-order valence-corrected chi connectivity index (χ4v) is 13.4. The Labute approximate surface area is 337 Å². The Kier molecular flexibility index (Phi) is 10.7. The van der Waals surface area contributed by atoms with Gasteiger partial charge in [-0.25, -0.2) is 9.59 Å². The van der Waals surface area contributed by atoms with Gasteiger partial charge >= 0.3 is 17.9 Å². The normalized spacial score (nSPS) is 52.6. The number of ether oxygens (including phenoxy) is 4. The van der Waals surface area contributed by atoms with Crippen LogP contribution in [0.3, 0.4) is 0 Å². The molecule has 5 aliphatic carbocycles. The van der Waals surface area contributed by atoms with Crippen molar-refractivity contribution in [1.29, 1.82) is 0 Å². The molecule has 8 N–H and O–H groups in total. The molecule has 4 saturated carbocycles. The first kappa shape index (κ1) is 43.5. The number of carbonyl (C=O) groups excluding carboxylic acids is 1. The molecule has 7 aliphatic rings. The Balaban J connectivity index is 1.17. The van der Waals surface area contributed by atoms with Crippen LogP contribution in [0.2, 0.25) is 0 Å². The Bertz CT molecular complexity index is 1730. The molecule has 58 heavy (non-hydrogen) atoms. The molecule has 326 valence electrons. The van der Waals surface area contributed by atoms with Crippen LogP contribution >= 0.6 is 0 Å². The number of aliphatic carboxylic acids is 3. The highest BCUT2D eigenvalue weighted by molar-refractivity contribution is 5.95. The van der Waals surface area contributed by atoms with Gasteiger partial charge in [-0.15, -0.1) is 0 Å². The molecule has 0 bridgehead atoms. The summed E-state index contributed by atoms with van der Waals surface area (Å²) >= 11 is 0. The van der Waals surface area contributed by atoms with Crippen LogP contribution in [-0.4, -0.2) is 132 Å². The van der Waals surface area contributed by atoms with Gasteiger partial charge in [0.2, 0.25) is 0 Å². The molecule has 0 aromatic rings. The van der Waals surface area contributed by atoms with Crippen molar-refractivity contribution in [3.63, 3.8) is 0 Å². The first-order valence-corrected chi connectivity index (χ1v) is 20.7. The highest BCUT2D eigenvalue weighted by atomic mass is 16.8. The second-order valence-electron chi connectivity index (χ2n) is 20.6. The lowest BCUT2D eigenvalue weighted by molar-refractivity contribution is -0.371. The van der Waals surface area contributed by atoms with Crippen LogP contribution < -0.4 is 0 Å². The molecule has 0 spiro atoms. The molecule has 16 nitrogen and oxygen atoms in total. The second kappa shape index (κ2) is 14.3. The summed E-state index contributed by atoms with van der Waals surface area (Å²) in [5, 5.41) is 83.0. The SMILES string of the molecule is CC1(C)[C@@H](O[C@@H]2O[C@H](C(=O)O)[C@H](O)[C@H](O)[C@@H]2OC2O[C@H](C(=O)O)[C@H](O)[C@H](O)[C@@H]2O)CC[C@]2(C)[C@H]3C(=O)C=C4[C@H]5C[C@](C)(C(=O)O)CC[C@]5(C)CC[C@]4(C)[C@]3(C)CC[C@@H]12. The molecule has 2 heterocycles. The first-order chi connectivity index (χ1) is 26.8. The Morgan fingerprint density at radius 1 is 0.690 bits per heavy atom. The number of fused-ring (bicyclic) bond motifs is 7. The van der Waals surface area contributed by atoms with Gasteiger partial charge in [0, 0.05) is 5.92 Å². The lowest BCUT2D eigenvalue weighted by Crippen LogP contribution is -2.68. The Morgan fingerprint density at radius 2 is 1.28 bits per heavy atom. The van der Waals surface area contributed by atoms with Gasteiger partial charge < -0.3 is 59.8 Å². The standard InChI is InChI=1S/C42H62O16/c1-37(2)21-8-11-42(7)31(20(43)16-18-19-17-39(4,36(53)54)13-12-38(19,3)14-15-41(18,42)6)40(21,5)10-9-22(37)55-35-30(26(47)25(46)29(57-35)33(51)52)58-34-27(48)23(44)24(45)28(56-34)32(49)50/h16,19,21-31,34-35,44-48H,8-15,17H2,1-7H3,(H,49,50)(H,51,52)(H,53,54)/t19-,21+,22+,23+,24-,25-,26+,27+,28+,29+,30+,31-,34?,35-,38-,39-,40+,41+,42-/m1/s1. The summed E-state index contributed by atoms with van der Waals surface area (Å²) < 4.78 is 23.4. The predicted molar refractivity (Wildman–Crippen MR) is 199 cm³/mol. The van der Waals surface area contributed by atoms with Crippen molar-refractivity contribution in [2.24, 2.45) is 50.2 Å². The third-order valence-electron chi connectivity index (χ3n) is 17.2. The van der Waals surface area contributed by atoms with Gasteiger partial charge in [-0.1, -0.05) is 47.1 Å². The summed E-state index contributed by atoms with van der Waals surface area (Å²) in [6.07, 6.45) is -12.2. The minimum absolute atomic E-state index is 0.0217. The molecule has 7 rings (SSSR count). The average molecular weight is 823 g/mol. The Morgan fingerprint density at radius 3 is 1.88 bits per heavy atom. The van der Waals surface area contributed by atoms with E-state index in [-0.39, 0.29) is 34.4 Å². The monoisotopic (exact) mass is 822 g/mol. The molecule has 2 saturated heterocycles. The van der Waals surface area contributed by atoms with E-state index in [9.17, 15) is 60.0 Å². The number of aliphatic hydroxyl groups is 5. The molecule has 0 aromatic heterocycles. The number of ketones is 1. The van der Waals surface area contributed by atoms with Crippen LogP contribution in [0.25, 0.3) is 0 Å². The highest BCUT2D eigenvalue weighted by Crippen LogP contribution is 2.75. The minimum atomic E-state index is -2.05. The molecular weight excluding hydrogens is 760 g/mol. The van der Waals surface area contributed by atoms with Gasteiger partial charge in [0.05, 0.1) is 11.5 Å². The maximum Gasteiger partial charge on any atom is 0.335 e. The third kappa shape index (κ3) is 6.25. The molecule has 0 aromatic carbocycles. The number of carboxylic acid groups (broad SMARTS) is 3. The van der Waals surface area contributed by atoms with Gasteiger partial charge in [0.15, 0.2) is 30.6 Å². The van der Waals surface area contributed by atoms with Crippen LogP contribution in [0.15, 0.2) is 11.6 Å². The summed E-state index contributed by atoms with van der Waals surface area (Å²) in [4.78, 5) is 51.3. The van der Waals surface area contributed by atoms with Crippen LogP contribution in [0.1, 0.15) is 106 Å². The number of hydrogen-bond acceptors (Lipinski definition) is 13. The quantitative estimate of drug-likeness (QED) is 0.171. The van der Waals surface area contributed by atoms with E-state index < -0.39 is 107 Å². The van der Waals surface area contributed by atoms with E-state index in [0.717, 1.165) is 37.7 Å². The summed E-state index contributed by atoms with van der Waals surface area (Å²) in [7, 11) is 0. The summed E-state index contributed by atoms with van der Waals surface area (Å²) in [5.41, 5.74) is -1.81. The number of carbonyl (C=O) groups is 4. The fraction of sp³-hybridized carbons (Fsp3) is 0.857. The van der Waals surface area contributed by atoms with Crippen molar-refractivity contribution in [2.75, 3.05) is 0 Å². The summed E-state index contributed by atoms with van der Waals surface area (Å²) in [6, 6.07) is 0. The van der Waals surface area contributed by atoms with E-state index in [1.165, 1.54) is 0 Å². The molecular formula is C42H62O16. The van der Waals surface area contributed by atoms with E-state index in [4.69, 9.17) is 18.9 Å². The largest absolute Gasteiger partial charge is 0.481 e. The van der Waals surface area contributed by atoms with Crippen LogP contribution in [0, 0.1) is 50.2 Å². The molecule has 6 fully saturated rings. The fourth-order valence-electron chi connectivity index (χ4n) is 13.4. The summed E-state index contributed by atoms with van der Waals surface area (Å²) in [6.45, 7) is 14.8. The lowest BCUT2D eigenvalue weighted by Gasteiger charge is -2.70. The molecule has 19 atom stereocenters. The highest BCUT2D eigenvalue weighted by Gasteiger charge is 2.71. The minimum Gasteiger partial charge on any atom is -0.481 e. The van der Waals surface area contributed by atoms with Crippen molar-refractivity contribution in [3.05, 3.63) is 11.6 Å². The molecule has 16 heteroatoms. The van der Waals surface area contributed by atoms with E-state index in [0.29, 0.717) is 25.7 Å². The molecule has 0 amide bonds. The van der Waals surface area contributed by atoms with Gasteiger partial charge in [-0.2, -0.15) is 0 Å². The number of carboxylic acids is 3. The lowest BCUT2D eigenvalue weighted by atomic mass is 9.33. The van der Waals surface area contributed by atoms with Crippen molar-refractivity contribution >= 4 is 23.7 Å². The van der Waals surface area contributed by atoms with E-state index in [2.05, 4.69) is 27.7 Å². The zero-order chi connectivity index (χ0) is 42.9. The van der Waals surface area contributed by atoms with Crippen molar-refractivity contribution in [2.45, 2.75) is 174 Å². The number of hydrogen-bond donors (Lipinski definition) is 8. The molecule has 1 unspecified atom stereocenters. The summed E-state index contributed by atoms with van der Waals surface area (Å²) in [5.74, 6) is -4.47. The van der Waals surface area contributed by atoms with E-state index >= 15 is 0 Å². The topological polar surface area (TPSA) is 267 Å². The number of allylic oxidation sites excluding steroid dienone is 2. The first-order valence-electron chi connectivity index (χ1n) is 20.7. The van der Waals surface area contributed by atoms with Gasteiger partial charge in [0.25, 0.3) is 0 Å². The van der Waals surface area contributed by atoms with Crippen LogP contribution in [0.4, 0.5) is 0 Å². The second-order valence-corrected chi connectivity index (χ2v) is 20.6. The third-order valence-corrected chi connectivity index (χ3v) is 17.2. The van der Waals surface area contributed by atoms with Crippen molar-refractivity contribution < 1.29 is 79.0 Å². The van der Waals surface area contributed by atoms with Crippen LogP contribution in [-0.2, 0) is 38.1 Å². The van der Waals surface area contributed by atoms with Gasteiger partial charge in [0.1, 0.15) is 36.6 Å². The van der Waals surface area contributed by atoms with E-state index in [1.807, 2.05) is 26.8 Å². The number of rotatable bonds is 7. The van der Waals surface area contributed by atoms with Crippen molar-refractivity contribution in [3.8, 4) is 0 Å². The van der Waals surface area contributed by atoms with E-state index in [1.54, 1.807) is 0 Å². The van der Waals surface area contributed by atoms with Gasteiger partial charge in [-0.3, -0.25) is 9.59 Å². The molecule has 0 radical (unpaired) electrons. The maximum atomic E-state index is 14.8. The van der Waals surface area contributed by atoms with Crippen molar-refractivity contribution in [1.82, 2.24) is 0 Å². The van der Waals surface area contributed by atoms with Crippen LogP contribution in [0.5, 0.6) is 0 Å². The smallest absolute Gasteiger partial charge is 0.335 e. The Hall–Kier alpha value is -2.54. The van der Waals surface area contributed by atoms with Gasteiger partial charge in [-0.05, 0) is 110 Å². The molecule has 2 aliphatic heterocycles. The number of aliphatic hydroxyl groups excluding tert-OH is 5. The average Bonchev–Trinajstić information content (AvgIpc) is 3.13.